The third kappa shape index (κ3) is 5.81. The van der Waals surface area contributed by atoms with Crippen LogP contribution in [0.2, 0.25) is 0 Å². The second-order valence-corrected chi connectivity index (χ2v) is 3.41. The normalized spacial score (nSPS) is 15.7. The minimum absolute atomic E-state index is 0. The Kier molecular flexibility index (Phi) is 6.91. The van der Waals surface area contributed by atoms with Crippen molar-refractivity contribution in [1.29, 1.82) is 0 Å². The van der Waals surface area contributed by atoms with Crippen LogP contribution in [0.25, 0.3) is 0 Å². The Morgan fingerprint density at radius 3 is 1.67 bits per heavy atom. The van der Waals surface area contributed by atoms with Crippen LogP contribution in [-0.2, 0) is 14.9 Å². The second kappa shape index (κ2) is 5.62. The molecule has 0 aromatic carbocycles. The number of hydrogen-bond acceptors (Lipinski definition) is 3. The molecule has 0 rings (SSSR count). The van der Waals surface area contributed by atoms with E-state index >= 15 is 0 Å². The van der Waals surface area contributed by atoms with Gasteiger partial charge in [-0.2, -0.15) is 17.2 Å². The van der Waals surface area contributed by atoms with Crippen LogP contribution in [0.15, 0.2) is 0 Å². The monoisotopic (exact) mass is 287 g/mol. The molecule has 4 nitrogen and oxygen atoms in total. The topological polar surface area (TPSA) is 63.6 Å². The quantitative estimate of drug-likeness (QED) is 0.476. The van der Waals surface area contributed by atoms with Gasteiger partial charge in [-0.05, 0) is 0 Å². The Morgan fingerprint density at radius 1 is 1.13 bits per heavy atom. The number of rotatable bonds is 3. The Hall–Kier alpha value is 1.09. The summed E-state index contributed by atoms with van der Waals surface area (Å²) in [4.78, 5) is 0. The number of hydrogen-bond donors (Lipinski definition) is 1. The SMILES string of the molecule is O=S(=O)(O)C(F)(F)C(F)OC(F)(F)F.[K]. The minimum atomic E-state index is -6.31. The van der Waals surface area contributed by atoms with Crippen molar-refractivity contribution in [2.75, 3.05) is 0 Å². The molecule has 0 aliphatic rings. The van der Waals surface area contributed by atoms with Crippen LogP contribution >= 0.6 is 0 Å². The number of halogens is 6. The van der Waals surface area contributed by atoms with E-state index in [9.17, 15) is 34.8 Å². The van der Waals surface area contributed by atoms with Crippen molar-refractivity contribution in [3.63, 3.8) is 0 Å². The van der Waals surface area contributed by atoms with E-state index < -0.39 is 28.1 Å². The first-order valence-electron chi connectivity index (χ1n) is 2.61. The zero-order valence-electron chi connectivity index (χ0n) is 6.93. The number of alkyl halides is 6. The van der Waals surface area contributed by atoms with Crippen molar-refractivity contribution in [3.05, 3.63) is 0 Å². The van der Waals surface area contributed by atoms with Crippen LogP contribution in [0.3, 0.4) is 0 Å². The summed E-state index contributed by atoms with van der Waals surface area (Å²) < 4.78 is 98.5. The molecule has 0 aromatic rings. The van der Waals surface area contributed by atoms with Gasteiger partial charge in [0.1, 0.15) is 0 Å². The van der Waals surface area contributed by atoms with E-state index in [1.165, 1.54) is 0 Å². The van der Waals surface area contributed by atoms with E-state index in [2.05, 4.69) is 4.74 Å². The molecular weight excluding hydrogens is 285 g/mol. The molecule has 0 fully saturated rings. The summed E-state index contributed by atoms with van der Waals surface area (Å²) in [5.41, 5.74) is 0. The first-order chi connectivity index (χ1) is 5.88. The predicted octanol–water partition coefficient (Wildman–Crippen LogP) is 0.918. The molecule has 1 radical (unpaired) electrons. The van der Waals surface area contributed by atoms with Gasteiger partial charge in [0.15, 0.2) is 0 Å². The molecule has 1 atom stereocenters. The molecule has 0 spiro atoms. The van der Waals surface area contributed by atoms with Gasteiger partial charge in [-0.15, -0.1) is 13.2 Å². The summed E-state index contributed by atoms with van der Waals surface area (Å²) in [5, 5.41) is -5.68. The van der Waals surface area contributed by atoms with E-state index in [1.807, 2.05) is 0 Å². The molecular formula is C3H2F6KO4S. The van der Waals surface area contributed by atoms with Crippen molar-refractivity contribution >= 4 is 61.5 Å². The predicted molar refractivity (Wildman–Crippen MR) is 34.3 cm³/mol. The molecule has 0 aliphatic heterocycles. The maximum atomic E-state index is 12.0. The van der Waals surface area contributed by atoms with Crippen LogP contribution in [0.4, 0.5) is 26.3 Å². The van der Waals surface area contributed by atoms with E-state index in [0.29, 0.717) is 0 Å². The Labute approximate surface area is 122 Å². The van der Waals surface area contributed by atoms with E-state index in [1.54, 1.807) is 0 Å². The van der Waals surface area contributed by atoms with Crippen molar-refractivity contribution in [3.8, 4) is 0 Å². The molecule has 0 heterocycles. The average Bonchev–Trinajstić information content (AvgIpc) is 1.80. The summed E-state index contributed by atoms with van der Waals surface area (Å²) in [5.74, 6) is 0. The van der Waals surface area contributed by atoms with Crippen LogP contribution in [0.5, 0.6) is 0 Å². The fourth-order valence-electron chi connectivity index (χ4n) is 0.303. The maximum absolute atomic E-state index is 12.0. The standard InChI is InChI=1S/C3H2F6O4S.K/c4-1(13-3(7,8)9)2(5,6)14(10,11)12;/h1H,(H,10,11,12);. The molecule has 0 aromatic heterocycles. The Morgan fingerprint density at radius 2 is 1.47 bits per heavy atom. The molecule has 15 heavy (non-hydrogen) atoms. The van der Waals surface area contributed by atoms with Gasteiger partial charge in [-0.3, -0.25) is 4.55 Å². The maximum Gasteiger partial charge on any atom is 0.525 e. The first kappa shape index (κ1) is 18.5. The Balaban J connectivity index is 0. The van der Waals surface area contributed by atoms with Gasteiger partial charge < -0.3 is 0 Å². The van der Waals surface area contributed by atoms with Gasteiger partial charge in [0.05, 0.1) is 0 Å². The van der Waals surface area contributed by atoms with Gasteiger partial charge in [0, 0.05) is 51.4 Å². The fraction of sp³-hybridized carbons (Fsp3) is 1.00. The summed E-state index contributed by atoms with van der Waals surface area (Å²) in [6.07, 6.45) is -10.3. The van der Waals surface area contributed by atoms with E-state index in [-0.39, 0.29) is 51.4 Å². The summed E-state index contributed by atoms with van der Waals surface area (Å²) in [6, 6.07) is 0. The van der Waals surface area contributed by atoms with Crippen LogP contribution in [-0.4, -0.2) is 82.3 Å². The molecule has 1 N–H and O–H groups in total. The molecule has 87 valence electrons. The molecule has 12 heteroatoms. The minimum Gasteiger partial charge on any atom is -0.281 e. The van der Waals surface area contributed by atoms with Crippen LogP contribution in [0, 0.1) is 0 Å². The molecule has 0 saturated carbocycles. The van der Waals surface area contributed by atoms with E-state index in [0.717, 1.165) is 0 Å². The van der Waals surface area contributed by atoms with Crippen molar-refractivity contribution in [2.45, 2.75) is 18.0 Å². The summed E-state index contributed by atoms with van der Waals surface area (Å²) in [6.45, 7) is 0. The summed E-state index contributed by atoms with van der Waals surface area (Å²) >= 11 is 0. The smallest absolute Gasteiger partial charge is 0.281 e. The molecule has 0 aliphatic carbocycles. The van der Waals surface area contributed by atoms with Gasteiger partial charge in [0.25, 0.3) is 6.36 Å². The zero-order chi connectivity index (χ0) is 11.8. The van der Waals surface area contributed by atoms with Crippen molar-refractivity contribution in [2.24, 2.45) is 0 Å². The van der Waals surface area contributed by atoms with Crippen LogP contribution < -0.4 is 0 Å². The van der Waals surface area contributed by atoms with Crippen LogP contribution in [0.1, 0.15) is 0 Å². The first-order valence-corrected chi connectivity index (χ1v) is 4.05. The Bertz CT molecular complexity index is 298. The van der Waals surface area contributed by atoms with Gasteiger partial charge >= 0.3 is 21.7 Å². The fourth-order valence-corrected chi connectivity index (χ4v) is 0.585. The van der Waals surface area contributed by atoms with Crippen molar-refractivity contribution in [1.82, 2.24) is 0 Å². The summed E-state index contributed by atoms with van der Waals surface area (Å²) in [7, 11) is -6.31. The third-order valence-corrected chi connectivity index (χ3v) is 1.72. The molecule has 0 saturated heterocycles. The average molecular weight is 287 g/mol. The van der Waals surface area contributed by atoms with Gasteiger partial charge in [0.2, 0.25) is 0 Å². The number of ether oxygens (including phenoxy) is 1. The largest absolute Gasteiger partial charge is 0.525 e. The molecule has 0 amide bonds. The molecule has 0 bridgehead atoms. The molecule has 1 unspecified atom stereocenters. The third-order valence-electron chi connectivity index (χ3n) is 0.845. The second-order valence-electron chi connectivity index (χ2n) is 1.92. The van der Waals surface area contributed by atoms with Gasteiger partial charge in [-0.25, -0.2) is 9.13 Å². The van der Waals surface area contributed by atoms with Gasteiger partial charge in [-0.1, -0.05) is 0 Å². The van der Waals surface area contributed by atoms with E-state index in [4.69, 9.17) is 4.55 Å². The van der Waals surface area contributed by atoms with Crippen molar-refractivity contribution < 1.29 is 44.0 Å². The zero-order valence-corrected chi connectivity index (χ0v) is 10.9.